The van der Waals surface area contributed by atoms with Gasteiger partial charge in [0.25, 0.3) is 0 Å². The maximum absolute atomic E-state index is 5.71. The molecular formula is C22H24O. The van der Waals surface area contributed by atoms with Gasteiger partial charge in [-0.1, -0.05) is 44.2 Å². The molecule has 0 aliphatic rings. The Morgan fingerprint density at radius 3 is 2.00 bits per heavy atom. The van der Waals surface area contributed by atoms with Gasteiger partial charge in [0.05, 0.1) is 7.11 Å². The van der Waals surface area contributed by atoms with Crippen molar-refractivity contribution in [3.63, 3.8) is 0 Å². The Bertz CT molecular complexity index is 846. The van der Waals surface area contributed by atoms with E-state index in [1.807, 2.05) is 0 Å². The molecule has 3 aromatic rings. The largest absolute Gasteiger partial charge is 0.496 e. The summed E-state index contributed by atoms with van der Waals surface area (Å²) in [6, 6.07) is 17.6. The van der Waals surface area contributed by atoms with E-state index in [4.69, 9.17) is 4.74 Å². The number of aryl methyl sites for hydroxylation is 3. The molecule has 0 amide bonds. The van der Waals surface area contributed by atoms with Gasteiger partial charge in [-0.2, -0.15) is 0 Å². The second-order valence-corrected chi connectivity index (χ2v) is 6.04. The summed E-state index contributed by atoms with van der Waals surface area (Å²) in [5.41, 5.74) is 6.54. The van der Waals surface area contributed by atoms with Gasteiger partial charge in [0.2, 0.25) is 0 Å². The molecule has 0 heterocycles. The van der Waals surface area contributed by atoms with Gasteiger partial charge in [0.1, 0.15) is 5.75 Å². The first-order chi connectivity index (χ1) is 11.2. The SMILES string of the molecule is CCc1cc(OC)c(-c2cc3ccccc3cc2C)cc1CC. The average molecular weight is 304 g/mol. The predicted octanol–water partition coefficient (Wildman–Crippen LogP) is 5.95. The molecule has 0 unspecified atom stereocenters. The molecule has 0 saturated heterocycles. The molecule has 1 nitrogen and oxygen atoms in total. The molecule has 0 spiro atoms. The summed E-state index contributed by atoms with van der Waals surface area (Å²) in [5, 5.41) is 2.56. The number of ether oxygens (including phenoxy) is 1. The first-order valence-electron chi connectivity index (χ1n) is 8.37. The van der Waals surface area contributed by atoms with E-state index >= 15 is 0 Å². The van der Waals surface area contributed by atoms with E-state index in [0.717, 1.165) is 18.6 Å². The zero-order valence-electron chi connectivity index (χ0n) is 14.4. The highest BCUT2D eigenvalue weighted by Crippen LogP contribution is 2.37. The van der Waals surface area contributed by atoms with Crippen LogP contribution in [0.5, 0.6) is 5.75 Å². The quantitative estimate of drug-likeness (QED) is 0.579. The normalized spacial score (nSPS) is 11.0. The lowest BCUT2D eigenvalue weighted by molar-refractivity contribution is 0.416. The predicted molar refractivity (Wildman–Crippen MR) is 99.4 cm³/mol. The van der Waals surface area contributed by atoms with Crippen molar-refractivity contribution in [2.45, 2.75) is 33.6 Å². The van der Waals surface area contributed by atoms with Crippen molar-refractivity contribution >= 4 is 10.8 Å². The number of benzene rings is 3. The topological polar surface area (TPSA) is 9.23 Å². The highest BCUT2D eigenvalue weighted by atomic mass is 16.5. The van der Waals surface area contributed by atoms with Crippen molar-refractivity contribution in [2.24, 2.45) is 0 Å². The molecule has 0 radical (unpaired) electrons. The van der Waals surface area contributed by atoms with E-state index in [9.17, 15) is 0 Å². The molecule has 0 atom stereocenters. The van der Waals surface area contributed by atoms with Crippen LogP contribution in [0.15, 0.2) is 48.5 Å². The number of rotatable bonds is 4. The van der Waals surface area contributed by atoms with E-state index in [1.165, 1.54) is 38.6 Å². The van der Waals surface area contributed by atoms with Gasteiger partial charge in [-0.15, -0.1) is 0 Å². The van der Waals surface area contributed by atoms with Crippen molar-refractivity contribution in [2.75, 3.05) is 7.11 Å². The molecule has 0 fully saturated rings. The summed E-state index contributed by atoms with van der Waals surface area (Å²) >= 11 is 0. The molecule has 3 rings (SSSR count). The summed E-state index contributed by atoms with van der Waals surface area (Å²) in [4.78, 5) is 0. The van der Waals surface area contributed by atoms with Crippen LogP contribution in [-0.2, 0) is 12.8 Å². The summed E-state index contributed by atoms with van der Waals surface area (Å²) in [6.45, 7) is 6.60. The van der Waals surface area contributed by atoms with Gasteiger partial charge in [0.15, 0.2) is 0 Å². The second-order valence-electron chi connectivity index (χ2n) is 6.04. The van der Waals surface area contributed by atoms with Gasteiger partial charge in [0, 0.05) is 5.56 Å². The highest BCUT2D eigenvalue weighted by Gasteiger charge is 2.13. The van der Waals surface area contributed by atoms with Crippen LogP contribution in [0.3, 0.4) is 0 Å². The van der Waals surface area contributed by atoms with Gasteiger partial charge in [-0.3, -0.25) is 0 Å². The summed E-state index contributed by atoms with van der Waals surface area (Å²) in [7, 11) is 1.76. The molecule has 1 heteroatoms. The zero-order valence-corrected chi connectivity index (χ0v) is 14.4. The van der Waals surface area contributed by atoms with Crippen LogP contribution in [0.4, 0.5) is 0 Å². The van der Waals surface area contributed by atoms with Gasteiger partial charge >= 0.3 is 0 Å². The van der Waals surface area contributed by atoms with Crippen LogP contribution >= 0.6 is 0 Å². The third-order valence-electron chi connectivity index (χ3n) is 4.67. The van der Waals surface area contributed by atoms with Crippen LogP contribution in [0, 0.1) is 6.92 Å². The first kappa shape index (κ1) is 15.6. The molecule has 23 heavy (non-hydrogen) atoms. The fourth-order valence-corrected chi connectivity index (χ4v) is 3.35. The van der Waals surface area contributed by atoms with Crippen molar-refractivity contribution in [1.82, 2.24) is 0 Å². The Kier molecular flexibility index (Phi) is 4.38. The molecule has 0 saturated carbocycles. The highest BCUT2D eigenvalue weighted by molar-refractivity contribution is 5.90. The van der Waals surface area contributed by atoms with E-state index in [-0.39, 0.29) is 0 Å². The van der Waals surface area contributed by atoms with Crippen LogP contribution in [0.1, 0.15) is 30.5 Å². The van der Waals surface area contributed by atoms with E-state index in [1.54, 1.807) is 7.11 Å². The minimum atomic E-state index is 0.970. The van der Waals surface area contributed by atoms with Gasteiger partial charge in [-0.05, 0) is 71.0 Å². The minimum absolute atomic E-state index is 0.970. The molecule has 118 valence electrons. The fourth-order valence-electron chi connectivity index (χ4n) is 3.35. The maximum Gasteiger partial charge on any atom is 0.126 e. The second kappa shape index (κ2) is 6.45. The van der Waals surface area contributed by atoms with Crippen molar-refractivity contribution in [3.8, 4) is 16.9 Å². The number of hydrogen-bond donors (Lipinski definition) is 0. The standard InChI is InChI=1S/C22H24O/c1-5-16-12-21(22(23-4)14-17(16)6-2)20-13-19-10-8-7-9-18(19)11-15(20)3/h7-14H,5-6H2,1-4H3. The average Bonchev–Trinajstić information content (AvgIpc) is 2.59. The number of fused-ring (bicyclic) bond motifs is 1. The van der Waals surface area contributed by atoms with Crippen LogP contribution in [0.2, 0.25) is 0 Å². The molecular weight excluding hydrogens is 280 g/mol. The molecule has 0 N–H and O–H groups in total. The lowest BCUT2D eigenvalue weighted by Gasteiger charge is -2.16. The number of hydrogen-bond acceptors (Lipinski definition) is 1. The molecule has 0 aromatic heterocycles. The Hall–Kier alpha value is -2.28. The van der Waals surface area contributed by atoms with Crippen molar-refractivity contribution < 1.29 is 4.74 Å². The van der Waals surface area contributed by atoms with Crippen LogP contribution < -0.4 is 4.74 Å². The smallest absolute Gasteiger partial charge is 0.126 e. The first-order valence-corrected chi connectivity index (χ1v) is 8.37. The van der Waals surface area contributed by atoms with Crippen LogP contribution in [-0.4, -0.2) is 7.11 Å². The monoisotopic (exact) mass is 304 g/mol. The molecule has 0 bridgehead atoms. The molecule has 3 aromatic carbocycles. The zero-order chi connectivity index (χ0) is 16.4. The maximum atomic E-state index is 5.71. The van der Waals surface area contributed by atoms with E-state index in [0.29, 0.717) is 0 Å². The van der Waals surface area contributed by atoms with E-state index in [2.05, 4.69) is 69.3 Å². The van der Waals surface area contributed by atoms with Crippen LogP contribution in [0.25, 0.3) is 21.9 Å². The molecule has 0 aliphatic heterocycles. The summed E-state index contributed by atoms with van der Waals surface area (Å²) in [6.07, 6.45) is 2.09. The van der Waals surface area contributed by atoms with Crippen molar-refractivity contribution in [3.05, 3.63) is 65.2 Å². The van der Waals surface area contributed by atoms with Crippen molar-refractivity contribution in [1.29, 1.82) is 0 Å². The molecule has 0 aliphatic carbocycles. The summed E-state index contributed by atoms with van der Waals surface area (Å²) in [5.74, 6) is 0.970. The fraction of sp³-hybridized carbons (Fsp3) is 0.273. The van der Waals surface area contributed by atoms with E-state index < -0.39 is 0 Å². The Labute approximate surface area is 138 Å². The lowest BCUT2D eigenvalue weighted by Crippen LogP contribution is -1.97. The Morgan fingerprint density at radius 2 is 1.39 bits per heavy atom. The van der Waals surface area contributed by atoms with Gasteiger partial charge < -0.3 is 4.74 Å². The summed E-state index contributed by atoms with van der Waals surface area (Å²) < 4.78 is 5.71. The number of methoxy groups -OCH3 is 1. The minimum Gasteiger partial charge on any atom is -0.496 e. The third kappa shape index (κ3) is 2.84. The third-order valence-corrected chi connectivity index (χ3v) is 4.67. The Balaban J connectivity index is 2.26. The lowest BCUT2D eigenvalue weighted by atomic mass is 9.91. The van der Waals surface area contributed by atoms with Gasteiger partial charge in [-0.25, -0.2) is 0 Å². The Morgan fingerprint density at radius 1 is 0.783 bits per heavy atom.